The summed E-state index contributed by atoms with van der Waals surface area (Å²) in [4.78, 5) is 23.0. The maximum Gasteiger partial charge on any atom is 0.253 e. The number of nitrogen functional groups attached to an aromatic ring is 1. The molecule has 0 saturated heterocycles. The van der Waals surface area contributed by atoms with E-state index >= 15 is 0 Å². The highest BCUT2D eigenvalue weighted by atomic mass is 16.5. The van der Waals surface area contributed by atoms with Crippen LogP contribution in [0.5, 0.6) is 5.75 Å². The van der Waals surface area contributed by atoms with Gasteiger partial charge in [0.1, 0.15) is 22.7 Å². The third-order valence-corrected chi connectivity index (χ3v) is 3.94. The van der Waals surface area contributed by atoms with Crippen molar-refractivity contribution >= 4 is 16.9 Å². The highest BCUT2D eigenvalue weighted by molar-refractivity contribution is 5.95. The monoisotopic (exact) mass is 349 g/mol. The Bertz CT molecular complexity index is 1150. The number of aromatic nitrogens is 6. The van der Waals surface area contributed by atoms with Gasteiger partial charge >= 0.3 is 0 Å². The van der Waals surface area contributed by atoms with Gasteiger partial charge in [0, 0.05) is 17.1 Å². The molecule has 0 saturated carbocycles. The summed E-state index contributed by atoms with van der Waals surface area (Å²) in [5.41, 5.74) is 7.97. The van der Waals surface area contributed by atoms with Crippen molar-refractivity contribution in [3.63, 3.8) is 0 Å². The lowest BCUT2D eigenvalue weighted by Gasteiger charge is -2.07. The summed E-state index contributed by atoms with van der Waals surface area (Å²) in [6.45, 7) is 0.297. The summed E-state index contributed by atoms with van der Waals surface area (Å²) < 4.78 is 6.92. The molecule has 1 aromatic carbocycles. The molecule has 9 nitrogen and oxygen atoms in total. The largest absolute Gasteiger partial charge is 0.494 e. The summed E-state index contributed by atoms with van der Waals surface area (Å²) >= 11 is 0. The summed E-state index contributed by atoms with van der Waals surface area (Å²) in [6.07, 6.45) is 3.30. The normalized spacial score (nSPS) is 11.0. The first-order valence-corrected chi connectivity index (χ1v) is 7.83. The smallest absolute Gasteiger partial charge is 0.253 e. The number of ether oxygens (including phenoxy) is 1. The van der Waals surface area contributed by atoms with Crippen molar-refractivity contribution < 1.29 is 4.74 Å². The zero-order chi connectivity index (χ0) is 18.1. The maximum atomic E-state index is 11.8. The zero-order valence-corrected chi connectivity index (χ0v) is 13.9. The number of hydrogen-bond donors (Lipinski definition) is 2. The third kappa shape index (κ3) is 2.75. The van der Waals surface area contributed by atoms with Crippen LogP contribution in [-0.2, 0) is 6.54 Å². The molecule has 0 aliphatic carbocycles. The van der Waals surface area contributed by atoms with Crippen LogP contribution in [0.15, 0.2) is 47.5 Å². The second-order valence-electron chi connectivity index (χ2n) is 5.61. The molecule has 0 unspecified atom stereocenters. The Morgan fingerprint density at radius 1 is 1.23 bits per heavy atom. The van der Waals surface area contributed by atoms with Gasteiger partial charge in [-0.3, -0.25) is 4.79 Å². The maximum absolute atomic E-state index is 11.8. The number of nitrogens with zero attached hydrogens (tertiary/aromatic N) is 5. The van der Waals surface area contributed by atoms with Gasteiger partial charge in [-0.15, -0.1) is 5.10 Å². The molecular formula is C17H15N7O2. The molecule has 0 amide bonds. The van der Waals surface area contributed by atoms with E-state index in [2.05, 4.69) is 25.3 Å². The van der Waals surface area contributed by atoms with Gasteiger partial charge in [-0.2, -0.15) is 0 Å². The Kier molecular flexibility index (Phi) is 3.81. The molecule has 0 fully saturated rings. The fourth-order valence-corrected chi connectivity index (χ4v) is 2.74. The molecule has 0 spiro atoms. The van der Waals surface area contributed by atoms with Gasteiger partial charge in [0.2, 0.25) is 5.95 Å². The highest BCUT2D eigenvalue weighted by Crippen LogP contribution is 2.30. The minimum atomic E-state index is -0.161. The molecule has 0 atom stereocenters. The molecule has 130 valence electrons. The molecule has 3 N–H and O–H groups in total. The van der Waals surface area contributed by atoms with Crippen LogP contribution in [0, 0.1) is 0 Å². The van der Waals surface area contributed by atoms with E-state index < -0.39 is 0 Å². The van der Waals surface area contributed by atoms with E-state index in [0.717, 1.165) is 5.39 Å². The first-order chi connectivity index (χ1) is 12.7. The molecule has 3 heterocycles. The van der Waals surface area contributed by atoms with Crippen LogP contribution < -0.4 is 16.0 Å². The quantitative estimate of drug-likeness (QED) is 0.567. The summed E-state index contributed by atoms with van der Waals surface area (Å²) in [5.74, 6) is 0.715. The third-order valence-electron chi connectivity index (χ3n) is 3.94. The number of aromatic amines is 1. The Labute approximate surface area is 147 Å². The zero-order valence-electron chi connectivity index (χ0n) is 13.9. The van der Waals surface area contributed by atoms with E-state index in [-0.39, 0.29) is 11.5 Å². The van der Waals surface area contributed by atoms with E-state index in [0.29, 0.717) is 34.8 Å². The van der Waals surface area contributed by atoms with Gasteiger partial charge < -0.3 is 15.5 Å². The van der Waals surface area contributed by atoms with E-state index in [1.807, 2.05) is 12.1 Å². The molecule has 9 heteroatoms. The molecular weight excluding hydrogens is 334 g/mol. The van der Waals surface area contributed by atoms with Gasteiger partial charge in [-0.05, 0) is 12.1 Å². The molecule has 26 heavy (non-hydrogen) atoms. The number of para-hydroxylation sites is 1. The second-order valence-corrected chi connectivity index (χ2v) is 5.61. The predicted octanol–water partition coefficient (Wildman–Crippen LogP) is 1.22. The number of benzene rings is 1. The van der Waals surface area contributed by atoms with Crippen LogP contribution in [0.2, 0.25) is 0 Å². The minimum absolute atomic E-state index is 0.117. The summed E-state index contributed by atoms with van der Waals surface area (Å²) in [6, 6.07) is 9.02. The van der Waals surface area contributed by atoms with Gasteiger partial charge in [0.25, 0.3) is 5.56 Å². The number of pyridine rings is 1. The van der Waals surface area contributed by atoms with Crippen LogP contribution in [0.3, 0.4) is 0 Å². The van der Waals surface area contributed by atoms with Crippen molar-refractivity contribution in [2.45, 2.75) is 6.54 Å². The van der Waals surface area contributed by atoms with Crippen LogP contribution in [0.25, 0.3) is 22.3 Å². The summed E-state index contributed by atoms with van der Waals surface area (Å²) in [7, 11) is 1.57. The van der Waals surface area contributed by atoms with E-state index in [1.54, 1.807) is 42.4 Å². The van der Waals surface area contributed by atoms with Crippen molar-refractivity contribution in [1.82, 2.24) is 29.9 Å². The van der Waals surface area contributed by atoms with Crippen LogP contribution in [0.1, 0.15) is 5.56 Å². The van der Waals surface area contributed by atoms with Crippen molar-refractivity contribution in [3.05, 3.63) is 58.6 Å². The van der Waals surface area contributed by atoms with E-state index in [1.165, 1.54) is 0 Å². The lowest BCUT2D eigenvalue weighted by Crippen LogP contribution is -2.14. The van der Waals surface area contributed by atoms with Gasteiger partial charge in [-0.25, -0.2) is 14.6 Å². The minimum Gasteiger partial charge on any atom is -0.494 e. The number of nitrogens with one attached hydrogen (secondary N) is 1. The standard InChI is InChI=1S/C17H15N7O2/c1-26-13-6-2-5-11-14(20-17(18)21-15(11)13)12-9-24(23-22-12)8-10-4-3-7-19-16(10)25/h2-7,9H,8H2,1H3,(H,19,25)(H2,18,20,21). The number of fused-ring (bicyclic) bond motifs is 1. The molecule has 4 rings (SSSR count). The number of rotatable bonds is 4. The SMILES string of the molecule is COc1cccc2c(-c3cn(Cc4ccc[nH]c4=O)nn3)nc(N)nc12. The molecule has 0 bridgehead atoms. The Morgan fingerprint density at radius 2 is 2.12 bits per heavy atom. The van der Waals surface area contributed by atoms with Crippen LogP contribution in [-0.4, -0.2) is 37.1 Å². The first-order valence-electron chi connectivity index (χ1n) is 7.83. The fraction of sp³-hybridized carbons (Fsp3) is 0.118. The number of nitrogens with two attached hydrogens (primary N) is 1. The average Bonchev–Trinajstić information content (AvgIpc) is 3.11. The van der Waals surface area contributed by atoms with Crippen molar-refractivity contribution in [1.29, 1.82) is 0 Å². The van der Waals surface area contributed by atoms with Gasteiger partial charge in [0.15, 0.2) is 0 Å². The number of hydrogen-bond acceptors (Lipinski definition) is 7. The molecule has 0 radical (unpaired) electrons. The average molecular weight is 349 g/mol. The number of methoxy groups -OCH3 is 1. The fourth-order valence-electron chi connectivity index (χ4n) is 2.74. The Hall–Kier alpha value is -3.75. The predicted molar refractivity (Wildman–Crippen MR) is 95.7 cm³/mol. The molecule has 0 aliphatic heterocycles. The number of H-pyrrole nitrogens is 1. The molecule has 4 aromatic rings. The van der Waals surface area contributed by atoms with E-state index in [9.17, 15) is 4.79 Å². The summed E-state index contributed by atoms with van der Waals surface area (Å²) in [5, 5.41) is 9.02. The molecule has 0 aliphatic rings. The van der Waals surface area contributed by atoms with Crippen LogP contribution >= 0.6 is 0 Å². The van der Waals surface area contributed by atoms with Crippen molar-refractivity contribution in [3.8, 4) is 17.1 Å². The van der Waals surface area contributed by atoms with Crippen molar-refractivity contribution in [2.75, 3.05) is 12.8 Å². The lowest BCUT2D eigenvalue weighted by atomic mass is 10.1. The topological polar surface area (TPSA) is 125 Å². The Balaban J connectivity index is 1.78. The number of anilines is 1. The highest BCUT2D eigenvalue weighted by Gasteiger charge is 2.15. The van der Waals surface area contributed by atoms with Gasteiger partial charge in [-0.1, -0.05) is 23.4 Å². The second kappa shape index (κ2) is 6.28. The lowest BCUT2D eigenvalue weighted by molar-refractivity contribution is 0.419. The Morgan fingerprint density at radius 3 is 2.92 bits per heavy atom. The van der Waals surface area contributed by atoms with Crippen LogP contribution in [0.4, 0.5) is 5.95 Å². The molecule has 3 aromatic heterocycles. The first kappa shape index (κ1) is 15.8. The van der Waals surface area contributed by atoms with Crippen molar-refractivity contribution in [2.24, 2.45) is 0 Å². The van der Waals surface area contributed by atoms with Gasteiger partial charge in [0.05, 0.1) is 19.9 Å². The van der Waals surface area contributed by atoms with E-state index in [4.69, 9.17) is 10.5 Å².